The van der Waals surface area contributed by atoms with E-state index in [2.05, 4.69) is 0 Å². The van der Waals surface area contributed by atoms with Crippen molar-refractivity contribution >= 4 is 23.5 Å². The van der Waals surface area contributed by atoms with E-state index >= 15 is 0 Å². The van der Waals surface area contributed by atoms with Crippen molar-refractivity contribution in [1.82, 2.24) is 4.40 Å². The molecule has 0 amide bonds. The van der Waals surface area contributed by atoms with E-state index in [1.54, 1.807) is 13.8 Å². The van der Waals surface area contributed by atoms with Crippen LogP contribution in [-0.2, 0) is 14.3 Å². The van der Waals surface area contributed by atoms with Gasteiger partial charge in [-0.2, -0.15) is 5.26 Å². The molecular formula is C17H16N2O4. The molecule has 0 radical (unpaired) electrons. The summed E-state index contributed by atoms with van der Waals surface area (Å²) < 4.78 is 12.0. The summed E-state index contributed by atoms with van der Waals surface area (Å²) in [5.41, 5.74) is 1.75. The summed E-state index contributed by atoms with van der Waals surface area (Å²) in [7, 11) is 0. The topological polar surface area (TPSA) is 80.8 Å². The molecule has 2 aromatic heterocycles. The van der Waals surface area contributed by atoms with Crippen LogP contribution in [0, 0.1) is 18.3 Å². The molecule has 2 aromatic rings. The maximum Gasteiger partial charge on any atom is 0.348 e. The van der Waals surface area contributed by atoms with E-state index in [0.717, 1.165) is 5.52 Å². The summed E-state index contributed by atoms with van der Waals surface area (Å²) in [6.45, 7) is 4.92. The fraction of sp³-hybridized carbons (Fsp3) is 0.235. The molecule has 0 aromatic carbocycles. The van der Waals surface area contributed by atoms with Crippen LogP contribution in [0.25, 0.3) is 11.6 Å². The highest BCUT2D eigenvalue weighted by Crippen LogP contribution is 2.32. The Morgan fingerprint density at radius 3 is 2.74 bits per heavy atom. The van der Waals surface area contributed by atoms with Crippen LogP contribution in [-0.4, -0.2) is 22.9 Å². The number of pyridine rings is 1. The number of ether oxygens (including phenoxy) is 2. The van der Waals surface area contributed by atoms with E-state index in [9.17, 15) is 14.9 Å². The zero-order chi connectivity index (χ0) is 17.0. The normalized spacial score (nSPS) is 11.1. The van der Waals surface area contributed by atoms with E-state index in [1.807, 2.05) is 34.9 Å². The number of hydrogen-bond acceptors (Lipinski definition) is 5. The average Bonchev–Trinajstić information content (AvgIpc) is 2.78. The molecule has 0 saturated heterocycles. The Balaban J connectivity index is 2.69. The monoisotopic (exact) mass is 312 g/mol. The van der Waals surface area contributed by atoms with Crippen molar-refractivity contribution in [2.45, 2.75) is 20.8 Å². The van der Waals surface area contributed by atoms with Gasteiger partial charge in [-0.3, -0.25) is 4.79 Å². The van der Waals surface area contributed by atoms with Gasteiger partial charge in [0.1, 0.15) is 11.6 Å². The fourth-order valence-electron chi connectivity index (χ4n) is 2.28. The average molecular weight is 312 g/mol. The van der Waals surface area contributed by atoms with Crippen molar-refractivity contribution in [3.63, 3.8) is 0 Å². The number of esters is 2. The van der Waals surface area contributed by atoms with Crippen LogP contribution >= 0.6 is 0 Å². The lowest BCUT2D eigenvalue weighted by atomic mass is 10.1. The molecule has 6 nitrogen and oxygen atoms in total. The van der Waals surface area contributed by atoms with Gasteiger partial charge in [-0.05, 0) is 32.1 Å². The summed E-state index contributed by atoms with van der Waals surface area (Å²) in [5, 5.41) is 9.20. The summed E-state index contributed by atoms with van der Waals surface area (Å²) in [4.78, 5) is 23.2. The Morgan fingerprint density at radius 1 is 1.39 bits per heavy atom. The quantitative estimate of drug-likeness (QED) is 0.492. The Morgan fingerprint density at radius 2 is 2.13 bits per heavy atom. The predicted molar refractivity (Wildman–Crippen MR) is 83.7 cm³/mol. The molecule has 23 heavy (non-hydrogen) atoms. The molecule has 0 fully saturated rings. The molecule has 0 atom stereocenters. The molecule has 0 aliphatic carbocycles. The SMILES string of the molecule is CCOC(=O)C(C#N)=Cc1c(OC(C)=O)c(C)n2ccccc12. The minimum atomic E-state index is -0.711. The van der Waals surface area contributed by atoms with Gasteiger partial charge in [-0.25, -0.2) is 4.79 Å². The molecule has 6 heteroatoms. The van der Waals surface area contributed by atoms with Crippen LogP contribution in [0.15, 0.2) is 30.0 Å². The van der Waals surface area contributed by atoms with Crippen molar-refractivity contribution in [2.75, 3.05) is 6.61 Å². The van der Waals surface area contributed by atoms with Crippen LogP contribution < -0.4 is 4.74 Å². The van der Waals surface area contributed by atoms with Crippen LogP contribution in [0.5, 0.6) is 5.75 Å². The number of hydrogen-bond donors (Lipinski definition) is 0. The van der Waals surface area contributed by atoms with Crippen LogP contribution in [0.2, 0.25) is 0 Å². The number of aryl methyl sites for hydroxylation is 1. The van der Waals surface area contributed by atoms with Gasteiger partial charge in [-0.1, -0.05) is 6.07 Å². The molecule has 2 heterocycles. The number of fused-ring (bicyclic) bond motifs is 1. The van der Waals surface area contributed by atoms with E-state index in [4.69, 9.17) is 9.47 Å². The number of aromatic nitrogens is 1. The fourth-order valence-corrected chi connectivity index (χ4v) is 2.28. The Hall–Kier alpha value is -3.07. The third kappa shape index (κ3) is 3.24. The van der Waals surface area contributed by atoms with E-state index in [0.29, 0.717) is 17.0 Å². The lowest BCUT2D eigenvalue weighted by Gasteiger charge is -2.03. The largest absolute Gasteiger partial charge is 0.462 e. The highest BCUT2D eigenvalue weighted by atomic mass is 16.5. The Kier molecular flexibility index (Phi) is 4.82. The van der Waals surface area contributed by atoms with E-state index < -0.39 is 11.9 Å². The van der Waals surface area contributed by atoms with E-state index in [-0.39, 0.29) is 12.2 Å². The van der Waals surface area contributed by atoms with Gasteiger partial charge in [0.15, 0.2) is 5.75 Å². The lowest BCUT2D eigenvalue weighted by Crippen LogP contribution is -2.06. The van der Waals surface area contributed by atoms with Crippen molar-refractivity contribution in [3.8, 4) is 11.8 Å². The molecule has 0 N–H and O–H groups in total. The molecule has 0 bridgehead atoms. The first kappa shape index (κ1) is 16.3. The van der Waals surface area contributed by atoms with Gasteiger partial charge in [-0.15, -0.1) is 0 Å². The molecule has 2 rings (SSSR count). The zero-order valence-electron chi connectivity index (χ0n) is 13.1. The lowest BCUT2D eigenvalue weighted by molar-refractivity contribution is -0.138. The van der Waals surface area contributed by atoms with Crippen molar-refractivity contribution in [3.05, 3.63) is 41.2 Å². The molecule has 118 valence electrons. The highest BCUT2D eigenvalue weighted by Gasteiger charge is 2.19. The molecule has 0 aliphatic heterocycles. The minimum absolute atomic E-state index is 0.156. The van der Waals surface area contributed by atoms with E-state index in [1.165, 1.54) is 13.0 Å². The number of carbonyl (C=O) groups is 2. The van der Waals surface area contributed by atoms with Gasteiger partial charge in [0, 0.05) is 18.7 Å². The molecule has 0 spiro atoms. The summed E-state index contributed by atoms with van der Waals surface area (Å²) in [6.07, 6.45) is 3.20. The third-order valence-corrected chi connectivity index (χ3v) is 3.22. The van der Waals surface area contributed by atoms with Gasteiger partial charge in [0.25, 0.3) is 0 Å². The molecular weight excluding hydrogens is 296 g/mol. The summed E-state index contributed by atoms with van der Waals surface area (Å²) >= 11 is 0. The smallest absolute Gasteiger partial charge is 0.348 e. The van der Waals surface area contributed by atoms with Gasteiger partial charge >= 0.3 is 11.9 Å². The maximum absolute atomic E-state index is 11.8. The number of nitrogens with zero attached hydrogens (tertiary/aromatic N) is 2. The zero-order valence-corrected chi connectivity index (χ0v) is 13.1. The van der Waals surface area contributed by atoms with Crippen LogP contribution in [0.4, 0.5) is 0 Å². The summed E-state index contributed by atoms with van der Waals surface area (Å²) in [5.74, 6) is -0.870. The van der Waals surface area contributed by atoms with Crippen molar-refractivity contribution < 1.29 is 19.1 Å². The Bertz CT molecular complexity index is 840. The van der Waals surface area contributed by atoms with Gasteiger partial charge in [0.05, 0.1) is 17.8 Å². The van der Waals surface area contributed by atoms with Crippen LogP contribution in [0.3, 0.4) is 0 Å². The second-order valence-electron chi connectivity index (χ2n) is 4.77. The minimum Gasteiger partial charge on any atom is -0.462 e. The second kappa shape index (κ2) is 6.79. The molecule has 0 saturated carbocycles. The number of nitriles is 1. The predicted octanol–water partition coefficient (Wildman–Crippen LogP) is 2.64. The first-order valence-electron chi connectivity index (χ1n) is 7.06. The number of rotatable bonds is 4. The maximum atomic E-state index is 11.8. The summed E-state index contributed by atoms with van der Waals surface area (Å²) in [6, 6.07) is 7.29. The van der Waals surface area contributed by atoms with Crippen LogP contribution in [0.1, 0.15) is 25.1 Å². The van der Waals surface area contributed by atoms with Crippen molar-refractivity contribution in [2.24, 2.45) is 0 Å². The standard InChI is InChI=1S/C17H16N2O4/c1-4-22-17(21)13(10-18)9-14-15-7-5-6-8-19(15)11(2)16(14)23-12(3)20/h5-9H,4H2,1-3H3. The first-order valence-corrected chi connectivity index (χ1v) is 7.06. The second-order valence-corrected chi connectivity index (χ2v) is 4.77. The Labute approximate surface area is 133 Å². The third-order valence-electron chi connectivity index (χ3n) is 3.22. The van der Waals surface area contributed by atoms with Gasteiger partial charge in [0.2, 0.25) is 0 Å². The van der Waals surface area contributed by atoms with Crippen molar-refractivity contribution in [1.29, 1.82) is 5.26 Å². The number of carbonyl (C=O) groups excluding carboxylic acids is 2. The molecule has 0 aliphatic rings. The first-order chi connectivity index (χ1) is 11.0. The highest BCUT2D eigenvalue weighted by molar-refractivity contribution is 6.00. The van der Waals surface area contributed by atoms with Gasteiger partial charge < -0.3 is 13.9 Å². The molecule has 0 unspecified atom stereocenters.